The lowest BCUT2D eigenvalue weighted by Crippen LogP contribution is -2.18. The number of hydrogen-bond donors (Lipinski definition) is 0. The average molecular weight is 303 g/mol. The molecule has 0 aliphatic carbocycles. The molecule has 0 saturated carbocycles. The van der Waals surface area contributed by atoms with Crippen LogP contribution < -0.4 is 0 Å². The number of aryl methyl sites for hydroxylation is 3. The second-order valence-electron chi connectivity index (χ2n) is 4.43. The van der Waals surface area contributed by atoms with E-state index in [0.717, 1.165) is 27.5 Å². The largest absolute Gasteiger partial charge is 0.363 e. The first kappa shape index (κ1) is 15.5. The molecule has 0 heterocycles. The van der Waals surface area contributed by atoms with Gasteiger partial charge in [0, 0.05) is 24.9 Å². The van der Waals surface area contributed by atoms with Gasteiger partial charge < -0.3 is 4.90 Å². The second-order valence-corrected chi connectivity index (χ2v) is 8.76. The van der Waals surface area contributed by atoms with Crippen molar-refractivity contribution >= 4 is 36.2 Å². The molecule has 0 saturated heterocycles. The van der Waals surface area contributed by atoms with Gasteiger partial charge in [0.1, 0.15) is 0 Å². The first-order chi connectivity index (χ1) is 8.15. The third kappa shape index (κ3) is 3.46. The Balaban J connectivity index is 3.26. The van der Waals surface area contributed by atoms with Gasteiger partial charge in [-0.05, 0) is 31.9 Å². The predicted molar refractivity (Wildman–Crippen MR) is 81.7 cm³/mol. The van der Waals surface area contributed by atoms with Gasteiger partial charge in [-0.25, -0.2) is 8.42 Å². The molecule has 0 amide bonds. The maximum Gasteiger partial charge on any atom is 0.237 e. The molecule has 0 aromatic heterocycles. The van der Waals surface area contributed by atoms with Crippen LogP contribution in [0.4, 0.5) is 0 Å². The monoisotopic (exact) mass is 303 g/mol. The fraction of sp³-hybridized carbons (Fsp3) is 0.417. The van der Waals surface area contributed by atoms with E-state index in [0.29, 0.717) is 9.22 Å². The van der Waals surface area contributed by atoms with Crippen molar-refractivity contribution in [1.29, 1.82) is 0 Å². The Labute approximate surface area is 118 Å². The Morgan fingerprint density at radius 2 is 1.61 bits per heavy atom. The average Bonchev–Trinajstić information content (AvgIpc) is 2.13. The van der Waals surface area contributed by atoms with Crippen LogP contribution in [0.3, 0.4) is 0 Å². The van der Waals surface area contributed by atoms with Crippen LogP contribution in [-0.2, 0) is 8.87 Å². The van der Waals surface area contributed by atoms with Crippen LogP contribution in [0.25, 0.3) is 0 Å². The molecule has 0 unspecified atom stereocenters. The molecular weight excluding hydrogens is 286 g/mol. The maximum atomic E-state index is 12.3. The van der Waals surface area contributed by atoms with E-state index in [-0.39, 0.29) is 0 Å². The molecule has 1 aromatic rings. The molecule has 6 heteroatoms. The molecule has 1 rings (SSSR count). The highest BCUT2D eigenvalue weighted by Crippen LogP contribution is 2.31. The van der Waals surface area contributed by atoms with Crippen molar-refractivity contribution in [2.75, 3.05) is 14.1 Å². The van der Waals surface area contributed by atoms with E-state index in [4.69, 9.17) is 12.2 Å². The van der Waals surface area contributed by atoms with Gasteiger partial charge in [0.25, 0.3) is 0 Å². The Morgan fingerprint density at radius 1 is 1.17 bits per heavy atom. The quantitative estimate of drug-likeness (QED) is 0.620. The smallest absolute Gasteiger partial charge is 0.237 e. The number of hydrogen-bond acceptors (Lipinski definition) is 4. The van der Waals surface area contributed by atoms with Crippen molar-refractivity contribution < 1.29 is 8.42 Å². The van der Waals surface area contributed by atoms with E-state index >= 15 is 0 Å². The summed E-state index contributed by atoms with van der Waals surface area (Å²) in [4.78, 5) is 2.00. The van der Waals surface area contributed by atoms with Crippen molar-refractivity contribution in [3.63, 3.8) is 0 Å². The van der Waals surface area contributed by atoms with Gasteiger partial charge in [-0.3, -0.25) is 0 Å². The highest BCUT2D eigenvalue weighted by molar-refractivity contribution is 8.79. The van der Waals surface area contributed by atoms with Gasteiger partial charge >= 0.3 is 0 Å². The SMILES string of the molecule is Cc1cc(C)c(S(=O)(=O)SC(=S)N(C)C)c(C)c1. The molecule has 0 N–H and O–H groups in total. The van der Waals surface area contributed by atoms with E-state index < -0.39 is 8.87 Å². The van der Waals surface area contributed by atoms with Crippen molar-refractivity contribution in [2.45, 2.75) is 25.7 Å². The molecule has 0 bridgehead atoms. The lowest BCUT2D eigenvalue weighted by molar-refractivity contribution is 0.609. The molecule has 1 aromatic carbocycles. The summed E-state index contributed by atoms with van der Waals surface area (Å²) in [6.07, 6.45) is 0. The van der Waals surface area contributed by atoms with Crippen LogP contribution >= 0.6 is 23.0 Å². The fourth-order valence-electron chi connectivity index (χ4n) is 1.77. The molecule has 0 radical (unpaired) electrons. The van der Waals surface area contributed by atoms with Crippen LogP contribution in [0.5, 0.6) is 0 Å². The van der Waals surface area contributed by atoms with Crippen LogP contribution in [-0.4, -0.2) is 31.7 Å². The van der Waals surface area contributed by atoms with E-state index in [9.17, 15) is 8.42 Å². The number of rotatable bonds is 2. The Kier molecular flexibility index (Phi) is 4.80. The standard InChI is InChI=1S/C12H17NO2S3/c1-8-6-9(2)11(10(3)7-8)18(14,15)17-12(16)13(4)5/h6-7H,1-5H3. The zero-order valence-corrected chi connectivity index (χ0v) is 13.6. The summed E-state index contributed by atoms with van der Waals surface area (Å²) in [7, 11) is 0.750. The van der Waals surface area contributed by atoms with E-state index in [1.807, 2.05) is 32.9 Å². The van der Waals surface area contributed by atoms with Crippen molar-refractivity contribution in [1.82, 2.24) is 4.90 Å². The van der Waals surface area contributed by atoms with Gasteiger partial charge in [0.15, 0.2) is 4.32 Å². The Hall–Kier alpha value is -0.590. The van der Waals surface area contributed by atoms with Gasteiger partial charge in [-0.15, -0.1) is 0 Å². The minimum Gasteiger partial charge on any atom is -0.363 e. The lowest BCUT2D eigenvalue weighted by atomic mass is 10.1. The predicted octanol–water partition coefficient (Wildman–Crippen LogP) is 2.88. The Morgan fingerprint density at radius 3 is 2.00 bits per heavy atom. The summed E-state index contributed by atoms with van der Waals surface area (Å²) in [5.41, 5.74) is 2.59. The molecular formula is C12H17NO2S3. The molecule has 0 fully saturated rings. The molecule has 3 nitrogen and oxygen atoms in total. The lowest BCUT2D eigenvalue weighted by Gasteiger charge is -2.15. The normalized spacial score (nSPS) is 11.4. The van der Waals surface area contributed by atoms with Crippen LogP contribution in [0.15, 0.2) is 17.0 Å². The number of benzene rings is 1. The highest BCUT2D eigenvalue weighted by Gasteiger charge is 2.23. The summed E-state index contributed by atoms with van der Waals surface area (Å²) in [5, 5.41) is 0. The van der Waals surface area contributed by atoms with E-state index in [2.05, 4.69) is 0 Å². The molecule has 0 aliphatic rings. The topological polar surface area (TPSA) is 37.4 Å². The van der Waals surface area contributed by atoms with Gasteiger partial charge in [-0.2, -0.15) is 0 Å². The molecule has 0 atom stereocenters. The third-order valence-electron chi connectivity index (χ3n) is 2.40. The van der Waals surface area contributed by atoms with Gasteiger partial charge in [0.2, 0.25) is 8.87 Å². The third-order valence-corrected chi connectivity index (χ3v) is 6.84. The van der Waals surface area contributed by atoms with Gasteiger partial charge in [0.05, 0.1) is 4.90 Å². The number of thiocarbonyl (C=S) groups is 1. The summed E-state index contributed by atoms with van der Waals surface area (Å²) in [6.45, 7) is 5.58. The van der Waals surface area contributed by atoms with Crippen LogP contribution in [0.1, 0.15) is 16.7 Å². The highest BCUT2D eigenvalue weighted by atomic mass is 33.1. The Bertz CT molecular complexity index is 554. The molecule has 100 valence electrons. The first-order valence-electron chi connectivity index (χ1n) is 5.39. The summed E-state index contributed by atoms with van der Waals surface area (Å²) >= 11 is 5.05. The van der Waals surface area contributed by atoms with Crippen LogP contribution in [0, 0.1) is 20.8 Å². The summed E-state index contributed by atoms with van der Waals surface area (Å²) in [5.74, 6) is 0. The van der Waals surface area contributed by atoms with Crippen molar-refractivity contribution in [3.05, 3.63) is 28.8 Å². The van der Waals surface area contributed by atoms with Gasteiger partial charge in [-0.1, -0.05) is 29.9 Å². The maximum absolute atomic E-state index is 12.3. The van der Waals surface area contributed by atoms with Crippen molar-refractivity contribution in [2.24, 2.45) is 0 Å². The molecule has 0 spiro atoms. The second kappa shape index (κ2) is 5.59. The minimum atomic E-state index is -3.45. The zero-order chi connectivity index (χ0) is 14.1. The van der Waals surface area contributed by atoms with E-state index in [1.165, 1.54) is 0 Å². The number of nitrogens with zero attached hydrogens (tertiary/aromatic N) is 1. The first-order valence-corrected chi connectivity index (χ1v) is 8.61. The van der Waals surface area contributed by atoms with Crippen molar-refractivity contribution in [3.8, 4) is 0 Å². The van der Waals surface area contributed by atoms with Crippen LogP contribution in [0.2, 0.25) is 0 Å². The summed E-state index contributed by atoms with van der Waals surface area (Å²) < 4.78 is 25.0. The summed E-state index contributed by atoms with van der Waals surface area (Å²) in [6, 6.07) is 3.75. The zero-order valence-electron chi connectivity index (χ0n) is 11.1. The fourth-order valence-corrected chi connectivity index (χ4v) is 5.95. The van der Waals surface area contributed by atoms with E-state index in [1.54, 1.807) is 19.0 Å². The molecule has 18 heavy (non-hydrogen) atoms. The minimum absolute atomic E-state index is 0.342. The molecule has 0 aliphatic heterocycles.